The van der Waals surface area contributed by atoms with Crippen molar-refractivity contribution in [2.24, 2.45) is 0 Å². The van der Waals surface area contributed by atoms with E-state index < -0.39 is 11.5 Å². The topological polar surface area (TPSA) is 58.2 Å². The molecule has 0 saturated carbocycles. The lowest BCUT2D eigenvalue weighted by Gasteiger charge is -2.47. The number of benzene rings is 2. The number of nitrogens with one attached hydrogen (secondary N) is 2. The summed E-state index contributed by atoms with van der Waals surface area (Å²) in [6, 6.07) is 15.5. The molecule has 4 heteroatoms. The fraction of sp³-hybridized carbons (Fsp3) is 0.304. The predicted octanol–water partition coefficient (Wildman–Crippen LogP) is 3.82. The molecule has 2 aliphatic heterocycles. The third-order valence-corrected chi connectivity index (χ3v) is 6.00. The molecule has 2 aromatic rings. The summed E-state index contributed by atoms with van der Waals surface area (Å²) < 4.78 is 0. The molecule has 2 heterocycles. The van der Waals surface area contributed by atoms with E-state index >= 15 is 0 Å². The zero-order valence-corrected chi connectivity index (χ0v) is 15.7. The van der Waals surface area contributed by atoms with Gasteiger partial charge in [-0.25, -0.2) is 0 Å². The summed E-state index contributed by atoms with van der Waals surface area (Å²) in [5.74, 6) is -0.346. The molecule has 1 fully saturated rings. The second-order valence-corrected chi connectivity index (χ2v) is 7.55. The molecule has 27 heavy (non-hydrogen) atoms. The van der Waals surface area contributed by atoms with Gasteiger partial charge < -0.3 is 10.6 Å². The van der Waals surface area contributed by atoms with E-state index in [4.69, 9.17) is 0 Å². The first-order valence-electron chi connectivity index (χ1n) is 9.43. The minimum atomic E-state index is -0.884. The maximum atomic E-state index is 13.5. The second-order valence-electron chi connectivity index (χ2n) is 7.55. The van der Waals surface area contributed by atoms with Gasteiger partial charge in [0.1, 0.15) is 5.41 Å². The summed E-state index contributed by atoms with van der Waals surface area (Å²) in [5.41, 5.74) is 3.89. The summed E-state index contributed by atoms with van der Waals surface area (Å²) in [7, 11) is 0. The molecule has 0 bridgehead atoms. The summed E-state index contributed by atoms with van der Waals surface area (Å²) >= 11 is 0. The molecule has 1 saturated heterocycles. The molecule has 1 spiro atoms. The van der Waals surface area contributed by atoms with E-state index in [-0.39, 0.29) is 24.2 Å². The number of amides is 2. The normalized spacial score (nSPS) is 26.4. The average molecular weight is 360 g/mol. The van der Waals surface area contributed by atoms with Gasteiger partial charge in [-0.1, -0.05) is 67.1 Å². The van der Waals surface area contributed by atoms with Crippen molar-refractivity contribution in [3.63, 3.8) is 0 Å². The van der Waals surface area contributed by atoms with Crippen LogP contribution in [0.4, 0.5) is 5.69 Å². The largest absolute Gasteiger partial charge is 0.348 e. The van der Waals surface area contributed by atoms with Crippen LogP contribution in [0.15, 0.2) is 60.7 Å². The molecular formula is C23H24N2O2. The van der Waals surface area contributed by atoms with Crippen molar-refractivity contribution in [2.75, 3.05) is 5.32 Å². The number of hydrogen-bond acceptors (Lipinski definition) is 2. The van der Waals surface area contributed by atoms with Gasteiger partial charge in [0.25, 0.3) is 0 Å². The van der Waals surface area contributed by atoms with Crippen molar-refractivity contribution in [3.05, 3.63) is 77.4 Å². The van der Waals surface area contributed by atoms with Crippen molar-refractivity contribution in [2.45, 2.75) is 44.1 Å². The smallest absolute Gasteiger partial charge is 0.238 e. The minimum Gasteiger partial charge on any atom is -0.348 e. The number of piperidine rings is 1. The van der Waals surface area contributed by atoms with Crippen LogP contribution in [0.5, 0.6) is 0 Å². The standard InChI is InChI=1S/C23H24N2O2/c1-4-15(3)21-23(17-10-5-6-11-19(17)24-22(23)27)18(13-20(26)25-21)16-9-7-8-14(2)12-16/h5-12,18,21H,3-4,13H2,1-2H3,(H,24,27)(H,25,26). The highest BCUT2D eigenvalue weighted by molar-refractivity contribution is 6.09. The Labute approximate surface area is 159 Å². The van der Waals surface area contributed by atoms with E-state index in [0.717, 1.165) is 28.0 Å². The van der Waals surface area contributed by atoms with Crippen LogP contribution in [0, 0.1) is 6.92 Å². The summed E-state index contributed by atoms with van der Waals surface area (Å²) in [4.78, 5) is 26.1. The van der Waals surface area contributed by atoms with Crippen LogP contribution in [0.25, 0.3) is 0 Å². The van der Waals surface area contributed by atoms with Crippen LogP contribution in [0.3, 0.4) is 0 Å². The number of anilines is 1. The molecule has 2 N–H and O–H groups in total. The predicted molar refractivity (Wildman–Crippen MR) is 107 cm³/mol. The van der Waals surface area contributed by atoms with E-state index in [1.54, 1.807) is 0 Å². The number of aryl methyl sites for hydroxylation is 1. The van der Waals surface area contributed by atoms with Crippen LogP contribution in [0.2, 0.25) is 0 Å². The summed E-state index contributed by atoms with van der Waals surface area (Å²) in [6.07, 6.45) is 0.974. The van der Waals surface area contributed by atoms with E-state index in [1.165, 1.54) is 0 Å². The Bertz CT molecular complexity index is 949. The lowest BCUT2D eigenvalue weighted by Crippen LogP contribution is -2.62. The lowest BCUT2D eigenvalue weighted by molar-refractivity contribution is -0.130. The average Bonchev–Trinajstić information content (AvgIpc) is 2.95. The van der Waals surface area contributed by atoms with Gasteiger partial charge in [-0.15, -0.1) is 0 Å². The molecule has 3 atom stereocenters. The fourth-order valence-electron chi connectivity index (χ4n) is 4.71. The number of para-hydroxylation sites is 1. The molecule has 2 aliphatic rings. The maximum absolute atomic E-state index is 13.5. The highest BCUT2D eigenvalue weighted by Gasteiger charge is 2.60. The Morgan fingerprint density at radius 3 is 2.70 bits per heavy atom. The number of fused-ring (bicyclic) bond motifs is 2. The third-order valence-electron chi connectivity index (χ3n) is 6.00. The van der Waals surface area contributed by atoms with Gasteiger partial charge >= 0.3 is 0 Å². The van der Waals surface area contributed by atoms with E-state index in [9.17, 15) is 9.59 Å². The highest BCUT2D eigenvalue weighted by atomic mass is 16.2. The van der Waals surface area contributed by atoms with Gasteiger partial charge in [0.15, 0.2) is 0 Å². The zero-order chi connectivity index (χ0) is 19.2. The lowest BCUT2D eigenvalue weighted by atomic mass is 9.59. The molecule has 2 amide bonds. The molecule has 3 unspecified atom stereocenters. The van der Waals surface area contributed by atoms with Crippen molar-refractivity contribution < 1.29 is 9.59 Å². The van der Waals surface area contributed by atoms with Crippen molar-refractivity contribution in [3.8, 4) is 0 Å². The summed E-state index contributed by atoms with van der Waals surface area (Å²) in [6.45, 7) is 8.25. The van der Waals surface area contributed by atoms with Gasteiger partial charge in [0.05, 0.1) is 6.04 Å². The maximum Gasteiger partial charge on any atom is 0.238 e. The molecule has 138 valence electrons. The molecule has 0 radical (unpaired) electrons. The Balaban J connectivity index is 2.00. The van der Waals surface area contributed by atoms with Crippen molar-refractivity contribution >= 4 is 17.5 Å². The number of carbonyl (C=O) groups is 2. The van der Waals surface area contributed by atoms with Gasteiger partial charge in [0, 0.05) is 18.0 Å². The van der Waals surface area contributed by atoms with Crippen LogP contribution in [0.1, 0.15) is 42.4 Å². The second kappa shape index (κ2) is 6.38. The Morgan fingerprint density at radius 1 is 1.19 bits per heavy atom. The van der Waals surface area contributed by atoms with Crippen LogP contribution >= 0.6 is 0 Å². The zero-order valence-electron chi connectivity index (χ0n) is 15.7. The quantitative estimate of drug-likeness (QED) is 0.818. The van der Waals surface area contributed by atoms with Gasteiger partial charge in [0.2, 0.25) is 11.8 Å². The van der Waals surface area contributed by atoms with Crippen LogP contribution in [-0.2, 0) is 15.0 Å². The number of carbonyl (C=O) groups excluding carboxylic acids is 2. The molecule has 0 aliphatic carbocycles. The molecule has 2 aromatic carbocycles. The van der Waals surface area contributed by atoms with Crippen LogP contribution < -0.4 is 10.6 Å². The number of hydrogen-bond donors (Lipinski definition) is 2. The van der Waals surface area contributed by atoms with Gasteiger partial charge in [-0.05, 0) is 30.5 Å². The Morgan fingerprint density at radius 2 is 1.96 bits per heavy atom. The van der Waals surface area contributed by atoms with Crippen molar-refractivity contribution in [1.82, 2.24) is 5.32 Å². The SMILES string of the molecule is C=C(CC)C1NC(=O)CC(c2cccc(C)c2)C12C(=O)Nc1ccccc12. The minimum absolute atomic E-state index is 0.0380. The Kier molecular flexibility index (Phi) is 4.14. The Hall–Kier alpha value is -2.88. The van der Waals surface area contributed by atoms with E-state index in [1.807, 2.05) is 56.3 Å². The fourth-order valence-corrected chi connectivity index (χ4v) is 4.71. The molecule has 4 nitrogen and oxygen atoms in total. The monoisotopic (exact) mass is 360 g/mol. The van der Waals surface area contributed by atoms with Gasteiger partial charge in [-0.3, -0.25) is 9.59 Å². The van der Waals surface area contributed by atoms with Crippen LogP contribution in [-0.4, -0.2) is 17.9 Å². The third kappa shape index (κ3) is 2.51. The van der Waals surface area contributed by atoms with E-state index in [0.29, 0.717) is 6.42 Å². The summed E-state index contributed by atoms with van der Waals surface area (Å²) in [5, 5.41) is 6.15. The highest BCUT2D eigenvalue weighted by Crippen LogP contribution is 2.54. The first kappa shape index (κ1) is 17.5. The molecule has 0 aromatic heterocycles. The van der Waals surface area contributed by atoms with Crippen molar-refractivity contribution in [1.29, 1.82) is 0 Å². The molecular weight excluding hydrogens is 336 g/mol. The first-order chi connectivity index (χ1) is 13.0. The molecule has 4 rings (SSSR count). The van der Waals surface area contributed by atoms with Gasteiger partial charge in [-0.2, -0.15) is 0 Å². The number of rotatable bonds is 3. The first-order valence-corrected chi connectivity index (χ1v) is 9.43. The van der Waals surface area contributed by atoms with E-state index in [2.05, 4.69) is 23.3 Å².